The molecule has 0 heterocycles. The van der Waals surface area contributed by atoms with Gasteiger partial charge in [0.15, 0.2) is 0 Å². The van der Waals surface area contributed by atoms with Crippen LogP contribution in [0.25, 0.3) is 0 Å². The molecule has 0 N–H and O–H groups in total. The molecular formula is C14H17BrO2. The molecule has 1 aliphatic rings. The Balaban J connectivity index is 1.98. The van der Waals surface area contributed by atoms with E-state index in [9.17, 15) is 4.79 Å². The lowest BCUT2D eigenvalue weighted by atomic mass is 9.88. The van der Waals surface area contributed by atoms with E-state index in [1.807, 2.05) is 18.2 Å². The number of halogens is 1. The summed E-state index contributed by atoms with van der Waals surface area (Å²) >= 11 is 3.51. The van der Waals surface area contributed by atoms with Crippen molar-refractivity contribution in [3.05, 3.63) is 28.2 Å². The van der Waals surface area contributed by atoms with E-state index in [0.717, 1.165) is 47.8 Å². The van der Waals surface area contributed by atoms with Gasteiger partial charge in [0.25, 0.3) is 0 Å². The fourth-order valence-corrected chi connectivity index (χ4v) is 2.59. The Morgan fingerprint density at radius 1 is 1.29 bits per heavy atom. The third-order valence-electron chi connectivity index (χ3n) is 3.42. The summed E-state index contributed by atoms with van der Waals surface area (Å²) in [7, 11) is 0. The van der Waals surface area contributed by atoms with Crippen molar-refractivity contribution >= 4 is 22.2 Å². The molecule has 0 aliphatic heterocycles. The molecule has 0 amide bonds. The molecule has 0 saturated heterocycles. The molecule has 1 aromatic rings. The predicted molar refractivity (Wildman–Crippen MR) is 71.3 cm³/mol. The minimum absolute atomic E-state index is 0.249. The predicted octanol–water partition coefficient (Wildman–Crippen LogP) is 3.89. The van der Waals surface area contributed by atoms with Crippen molar-refractivity contribution in [2.24, 2.45) is 5.92 Å². The fraction of sp³-hybridized carbons (Fsp3) is 0.500. The Morgan fingerprint density at radius 2 is 2.00 bits per heavy atom. The maximum Gasteiger partial charge on any atom is 0.123 e. The Labute approximate surface area is 110 Å². The molecular weight excluding hydrogens is 280 g/mol. The third kappa shape index (κ3) is 3.09. The second-order valence-electron chi connectivity index (χ2n) is 4.65. The molecule has 2 rings (SSSR count). The van der Waals surface area contributed by atoms with Gasteiger partial charge >= 0.3 is 0 Å². The summed E-state index contributed by atoms with van der Waals surface area (Å²) in [5.74, 6) is 1.20. The molecule has 2 nitrogen and oxygen atoms in total. The van der Waals surface area contributed by atoms with Gasteiger partial charge in [-0.1, -0.05) is 22.0 Å². The molecule has 3 heteroatoms. The average molecular weight is 297 g/mol. The standard InChI is InChI=1S/C14H17BrO2/c1-10-13(15)3-2-4-14(10)17-12-7-5-11(9-16)6-8-12/h2-4,9,11-12H,5-8H2,1H3/t11-,12-. The Bertz CT molecular complexity index is 395. The van der Waals surface area contributed by atoms with Crippen LogP contribution in [0.4, 0.5) is 0 Å². The van der Waals surface area contributed by atoms with Gasteiger partial charge in [0, 0.05) is 16.0 Å². The van der Waals surface area contributed by atoms with Crippen LogP contribution < -0.4 is 4.74 Å². The highest BCUT2D eigenvalue weighted by molar-refractivity contribution is 9.10. The number of carbonyl (C=O) groups excluding carboxylic acids is 1. The monoisotopic (exact) mass is 296 g/mol. The summed E-state index contributed by atoms with van der Waals surface area (Å²) < 4.78 is 7.09. The van der Waals surface area contributed by atoms with Crippen molar-refractivity contribution in [2.75, 3.05) is 0 Å². The van der Waals surface area contributed by atoms with Gasteiger partial charge in [-0.15, -0.1) is 0 Å². The van der Waals surface area contributed by atoms with E-state index in [2.05, 4.69) is 22.9 Å². The lowest BCUT2D eigenvalue weighted by Gasteiger charge is -2.27. The topological polar surface area (TPSA) is 26.3 Å². The number of benzene rings is 1. The highest BCUT2D eigenvalue weighted by Gasteiger charge is 2.22. The van der Waals surface area contributed by atoms with Crippen molar-refractivity contribution in [1.82, 2.24) is 0 Å². The van der Waals surface area contributed by atoms with E-state index >= 15 is 0 Å². The molecule has 0 spiro atoms. The molecule has 1 aromatic carbocycles. The van der Waals surface area contributed by atoms with Crippen LogP contribution in [0.1, 0.15) is 31.2 Å². The Hall–Kier alpha value is -0.830. The fourth-order valence-electron chi connectivity index (χ4n) is 2.24. The molecule has 92 valence electrons. The summed E-state index contributed by atoms with van der Waals surface area (Å²) in [6, 6.07) is 6.01. The van der Waals surface area contributed by atoms with E-state index in [-0.39, 0.29) is 12.0 Å². The van der Waals surface area contributed by atoms with E-state index in [1.165, 1.54) is 0 Å². The zero-order valence-corrected chi connectivity index (χ0v) is 11.6. The van der Waals surface area contributed by atoms with Crippen LogP contribution in [0.2, 0.25) is 0 Å². The van der Waals surface area contributed by atoms with Gasteiger partial charge in [-0.3, -0.25) is 0 Å². The number of rotatable bonds is 3. The average Bonchev–Trinajstić information content (AvgIpc) is 2.36. The van der Waals surface area contributed by atoms with Crippen LogP contribution in [-0.4, -0.2) is 12.4 Å². The van der Waals surface area contributed by atoms with Crippen LogP contribution in [0, 0.1) is 12.8 Å². The van der Waals surface area contributed by atoms with Gasteiger partial charge in [0.2, 0.25) is 0 Å². The van der Waals surface area contributed by atoms with Crippen molar-refractivity contribution in [3.8, 4) is 5.75 Å². The number of ether oxygens (including phenoxy) is 1. The summed E-state index contributed by atoms with van der Waals surface area (Å²) in [4.78, 5) is 10.7. The first kappa shape index (κ1) is 12.6. The molecule has 17 heavy (non-hydrogen) atoms. The molecule has 0 radical (unpaired) electrons. The number of aldehydes is 1. The lowest BCUT2D eigenvalue weighted by molar-refractivity contribution is -0.112. The number of hydrogen-bond donors (Lipinski definition) is 0. The third-order valence-corrected chi connectivity index (χ3v) is 4.28. The zero-order chi connectivity index (χ0) is 12.3. The SMILES string of the molecule is Cc1c(Br)cccc1O[C@H]1CC[C@H](C=O)CC1. The highest BCUT2D eigenvalue weighted by atomic mass is 79.9. The summed E-state index contributed by atoms with van der Waals surface area (Å²) in [6.45, 7) is 2.05. The first-order chi connectivity index (χ1) is 8.20. The normalized spacial score (nSPS) is 24.4. The van der Waals surface area contributed by atoms with Gasteiger partial charge in [-0.2, -0.15) is 0 Å². The molecule has 1 aliphatic carbocycles. The van der Waals surface area contributed by atoms with E-state index in [0.29, 0.717) is 0 Å². The van der Waals surface area contributed by atoms with Gasteiger partial charge in [-0.25, -0.2) is 0 Å². The molecule has 1 saturated carbocycles. The maximum absolute atomic E-state index is 10.7. The van der Waals surface area contributed by atoms with Crippen LogP contribution >= 0.6 is 15.9 Å². The lowest BCUT2D eigenvalue weighted by Crippen LogP contribution is -2.24. The maximum atomic E-state index is 10.7. The van der Waals surface area contributed by atoms with Crippen molar-refractivity contribution < 1.29 is 9.53 Å². The molecule has 0 bridgehead atoms. The molecule has 1 fully saturated rings. The van der Waals surface area contributed by atoms with Crippen LogP contribution in [-0.2, 0) is 4.79 Å². The van der Waals surface area contributed by atoms with Crippen molar-refractivity contribution in [3.63, 3.8) is 0 Å². The summed E-state index contributed by atoms with van der Waals surface area (Å²) in [5.41, 5.74) is 1.14. The van der Waals surface area contributed by atoms with Gasteiger partial charge < -0.3 is 9.53 Å². The van der Waals surface area contributed by atoms with Gasteiger partial charge in [0.05, 0.1) is 6.10 Å². The Kier molecular flexibility index (Phi) is 4.21. The zero-order valence-electron chi connectivity index (χ0n) is 9.99. The highest BCUT2D eigenvalue weighted by Crippen LogP contribution is 2.30. The van der Waals surface area contributed by atoms with E-state index in [1.54, 1.807) is 0 Å². The largest absolute Gasteiger partial charge is 0.490 e. The first-order valence-corrected chi connectivity index (χ1v) is 6.87. The number of carbonyl (C=O) groups is 1. The molecule has 0 aromatic heterocycles. The van der Waals surface area contributed by atoms with Crippen molar-refractivity contribution in [1.29, 1.82) is 0 Å². The number of hydrogen-bond acceptors (Lipinski definition) is 2. The van der Waals surface area contributed by atoms with Crippen molar-refractivity contribution in [2.45, 2.75) is 38.7 Å². The second-order valence-corrected chi connectivity index (χ2v) is 5.51. The second kappa shape index (κ2) is 5.67. The van der Waals surface area contributed by atoms with E-state index < -0.39 is 0 Å². The molecule has 0 unspecified atom stereocenters. The van der Waals surface area contributed by atoms with Crippen LogP contribution in [0.5, 0.6) is 5.75 Å². The first-order valence-electron chi connectivity index (χ1n) is 6.07. The smallest absolute Gasteiger partial charge is 0.123 e. The molecule has 0 atom stereocenters. The van der Waals surface area contributed by atoms with Gasteiger partial charge in [-0.05, 0) is 44.7 Å². The summed E-state index contributed by atoms with van der Waals surface area (Å²) in [5, 5.41) is 0. The minimum Gasteiger partial charge on any atom is -0.490 e. The summed E-state index contributed by atoms with van der Waals surface area (Å²) in [6.07, 6.45) is 5.23. The van der Waals surface area contributed by atoms with E-state index in [4.69, 9.17) is 4.74 Å². The Morgan fingerprint density at radius 3 is 2.65 bits per heavy atom. The quantitative estimate of drug-likeness (QED) is 0.791. The van der Waals surface area contributed by atoms with Crippen LogP contribution in [0.3, 0.4) is 0 Å². The van der Waals surface area contributed by atoms with Gasteiger partial charge in [0.1, 0.15) is 12.0 Å². The minimum atomic E-state index is 0.249. The van der Waals surface area contributed by atoms with Crippen LogP contribution in [0.15, 0.2) is 22.7 Å².